The summed E-state index contributed by atoms with van der Waals surface area (Å²) in [6.45, 7) is 3.04. The van der Waals surface area contributed by atoms with Crippen molar-refractivity contribution in [2.75, 3.05) is 18.2 Å². The zero-order chi connectivity index (χ0) is 15.8. The topological polar surface area (TPSA) is 21.3 Å². The van der Waals surface area contributed by atoms with E-state index >= 15 is 0 Å². The van der Waals surface area contributed by atoms with Gasteiger partial charge in [0.05, 0.1) is 12.1 Å². The third-order valence-electron chi connectivity index (χ3n) is 5.10. The fraction of sp³-hybridized carbons (Fsp3) is 0.400. The van der Waals surface area contributed by atoms with Crippen molar-refractivity contribution in [1.82, 2.24) is 0 Å². The molecule has 120 valence electrons. The number of nitrogens with one attached hydrogen (secondary N) is 1. The lowest BCUT2D eigenvalue weighted by atomic mass is 9.77. The van der Waals surface area contributed by atoms with E-state index < -0.39 is 0 Å². The van der Waals surface area contributed by atoms with Crippen molar-refractivity contribution < 1.29 is 4.74 Å². The van der Waals surface area contributed by atoms with Crippen LogP contribution in [0, 0.1) is 12.8 Å². The monoisotopic (exact) mass is 325 g/mol. The van der Waals surface area contributed by atoms with Gasteiger partial charge in [-0.15, -0.1) is 11.8 Å². The Morgan fingerprint density at radius 3 is 2.74 bits per heavy atom. The van der Waals surface area contributed by atoms with E-state index in [0.29, 0.717) is 12.0 Å². The van der Waals surface area contributed by atoms with Gasteiger partial charge in [-0.1, -0.05) is 29.8 Å². The molecule has 3 heteroatoms. The molecule has 1 fully saturated rings. The minimum absolute atomic E-state index is 0.227. The van der Waals surface area contributed by atoms with E-state index in [1.54, 1.807) is 11.8 Å². The lowest BCUT2D eigenvalue weighted by molar-refractivity contribution is -0.0381. The highest BCUT2D eigenvalue weighted by Gasteiger charge is 2.39. The van der Waals surface area contributed by atoms with Crippen LogP contribution in [0.1, 0.15) is 41.7 Å². The van der Waals surface area contributed by atoms with Gasteiger partial charge in [0, 0.05) is 28.7 Å². The second kappa shape index (κ2) is 6.21. The molecule has 2 aromatic carbocycles. The maximum Gasteiger partial charge on any atom is 0.0895 e. The quantitative estimate of drug-likeness (QED) is 0.752. The smallest absolute Gasteiger partial charge is 0.0895 e. The van der Waals surface area contributed by atoms with Gasteiger partial charge in [0.1, 0.15) is 0 Å². The van der Waals surface area contributed by atoms with Crippen molar-refractivity contribution in [3.63, 3.8) is 0 Å². The van der Waals surface area contributed by atoms with Crippen molar-refractivity contribution in [1.29, 1.82) is 0 Å². The van der Waals surface area contributed by atoms with Crippen molar-refractivity contribution >= 4 is 17.4 Å². The summed E-state index contributed by atoms with van der Waals surface area (Å²) >= 11 is 1.79. The molecule has 0 spiro atoms. The predicted octanol–water partition coefficient (Wildman–Crippen LogP) is 5.35. The SMILES string of the molecule is CSc1ccc(C2Nc3ccc(C)cc3[C@H]3OCCC[C@@H]23)cc1. The fourth-order valence-electron chi connectivity index (χ4n) is 3.93. The van der Waals surface area contributed by atoms with E-state index in [2.05, 4.69) is 61.0 Å². The molecule has 0 amide bonds. The van der Waals surface area contributed by atoms with Gasteiger partial charge in [-0.25, -0.2) is 0 Å². The summed E-state index contributed by atoms with van der Waals surface area (Å²) in [4.78, 5) is 1.32. The molecule has 2 nitrogen and oxygen atoms in total. The second-order valence-electron chi connectivity index (χ2n) is 6.58. The molecule has 0 radical (unpaired) electrons. The third-order valence-corrected chi connectivity index (χ3v) is 5.84. The first-order chi connectivity index (χ1) is 11.3. The standard InChI is InChI=1S/C20H23NOS/c1-13-5-10-18-17(12-13)20-16(4-3-11-22-20)19(21-18)14-6-8-15(23-2)9-7-14/h5-10,12,16,19-21H,3-4,11H2,1-2H3/t16-,19?,20-/m0/s1. The fourth-order valence-corrected chi connectivity index (χ4v) is 4.34. The average Bonchev–Trinajstić information content (AvgIpc) is 2.61. The van der Waals surface area contributed by atoms with E-state index in [1.807, 2.05) is 0 Å². The normalized spacial score (nSPS) is 26.1. The van der Waals surface area contributed by atoms with Gasteiger partial charge < -0.3 is 10.1 Å². The number of fused-ring (bicyclic) bond motifs is 3. The molecule has 1 N–H and O–H groups in total. The zero-order valence-corrected chi connectivity index (χ0v) is 14.5. The summed E-state index contributed by atoms with van der Waals surface area (Å²) in [7, 11) is 0. The molecule has 2 aliphatic heterocycles. The molecule has 0 aromatic heterocycles. The maximum atomic E-state index is 6.22. The van der Waals surface area contributed by atoms with Crippen molar-refractivity contribution in [3.05, 3.63) is 59.2 Å². The Balaban J connectivity index is 1.73. The Morgan fingerprint density at radius 1 is 1.13 bits per heavy atom. The highest BCUT2D eigenvalue weighted by Crippen LogP contribution is 2.49. The van der Waals surface area contributed by atoms with Crippen LogP contribution in [0.5, 0.6) is 0 Å². The molecule has 0 saturated carbocycles. The number of benzene rings is 2. The van der Waals surface area contributed by atoms with Crippen LogP contribution in [0.15, 0.2) is 47.4 Å². The first-order valence-electron chi connectivity index (χ1n) is 8.39. The highest BCUT2D eigenvalue weighted by atomic mass is 32.2. The number of rotatable bonds is 2. The number of hydrogen-bond acceptors (Lipinski definition) is 3. The van der Waals surface area contributed by atoms with Crippen LogP contribution >= 0.6 is 11.8 Å². The van der Waals surface area contributed by atoms with Gasteiger partial charge >= 0.3 is 0 Å². The molecule has 4 rings (SSSR count). The maximum absolute atomic E-state index is 6.22. The summed E-state index contributed by atoms with van der Waals surface area (Å²) in [5.41, 5.74) is 5.25. The number of hydrogen-bond donors (Lipinski definition) is 1. The summed E-state index contributed by atoms with van der Waals surface area (Å²) in [5.74, 6) is 0.512. The van der Waals surface area contributed by atoms with Crippen molar-refractivity contribution in [3.8, 4) is 0 Å². The summed E-state index contributed by atoms with van der Waals surface area (Å²) in [6, 6.07) is 16.0. The predicted molar refractivity (Wildman–Crippen MR) is 97.2 cm³/mol. The van der Waals surface area contributed by atoms with Gasteiger partial charge in [-0.3, -0.25) is 0 Å². The highest BCUT2D eigenvalue weighted by molar-refractivity contribution is 7.98. The third kappa shape index (κ3) is 2.77. The van der Waals surface area contributed by atoms with Crippen LogP contribution < -0.4 is 5.32 Å². The van der Waals surface area contributed by atoms with Crippen molar-refractivity contribution in [2.24, 2.45) is 5.92 Å². The number of ether oxygens (including phenoxy) is 1. The van der Waals surface area contributed by atoms with Crippen LogP contribution in [0.3, 0.4) is 0 Å². The van der Waals surface area contributed by atoms with Crippen LogP contribution in [0.25, 0.3) is 0 Å². The number of anilines is 1. The van der Waals surface area contributed by atoms with Gasteiger partial charge in [0.15, 0.2) is 0 Å². The molecule has 1 saturated heterocycles. The number of thioether (sulfide) groups is 1. The van der Waals surface area contributed by atoms with E-state index in [4.69, 9.17) is 4.74 Å². The van der Waals surface area contributed by atoms with E-state index in [9.17, 15) is 0 Å². The Hall–Kier alpha value is -1.45. The lowest BCUT2D eigenvalue weighted by Gasteiger charge is -2.43. The number of aryl methyl sites for hydroxylation is 1. The van der Waals surface area contributed by atoms with Gasteiger partial charge in [-0.05, 0) is 49.8 Å². The van der Waals surface area contributed by atoms with E-state index in [0.717, 1.165) is 13.0 Å². The molecular formula is C20H23NOS. The second-order valence-corrected chi connectivity index (χ2v) is 7.46. The largest absolute Gasteiger partial charge is 0.378 e. The Labute approximate surface area is 142 Å². The molecular weight excluding hydrogens is 302 g/mol. The minimum atomic E-state index is 0.227. The van der Waals surface area contributed by atoms with E-state index in [-0.39, 0.29) is 6.10 Å². The Kier molecular flexibility index (Phi) is 4.08. The first-order valence-corrected chi connectivity index (χ1v) is 9.61. The molecule has 2 aliphatic rings. The summed E-state index contributed by atoms with van der Waals surface area (Å²) < 4.78 is 6.22. The average molecular weight is 325 g/mol. The van der Waals surface area contributed by atoms with Crippen LogP contribution in [0.4, 0.5) is 5.69 Å². The van der Waals surface area contributed by atoms with Gasteiger partial charge in [-0.2, -0.15) is 0 Å². The van der Waals surface area contributed by atoms with Crippen LogP contribution in [-0.2, 0) is 4.74 Å². The Morgan fingerprint density at radius 2 is 1.96 bits per heavy atom. The molecule has 2 aromatic rings. The Bertz CT molecular complexity index is 697. The first kappa shape index (κ1) is 15.1. The van der Waals surface area contributed by atoms with Gasteiger partial charge in [0.2, 0.25) is 0 Å². The lowest BCUT2D eigenvalue weighted by Crippen LogP contribution is -2.36. The molecule has 1 unspecified atom stereocenters. The molecule has 0 aliphatic carbocycles. The van der Waals surface area contributed by atoms with Crippen LogP contribution in [0.2, 0.25) is 0 Å². The van der Waals surface area contributed by atoms with Crippen LogP contribution in [-0.4, -0.2) is 12.9 Å². The molecule has 23 heavy (non-hydrogen) atoms. The summed E-state index contributed by atoms with van der Waals surface area (Å²) in [5, 5.41) is 3.79. The van der Waals surface area contributed by atoms with Crippen molar-refractivity contribution in [2.45, 2.75) is 36.8 Å². The molecule has 3 atom stereocenters. The van der Waals surface area contributed by atoms with E-state index in [1.165, 1.54) is 33.7 Å². The molecule has 0 bridgehead atoms. The van der Waals surface area contributed by atoms with Gasteiger partial charge in [0.25, 0.3) is 0 Å². The molecule has 2 heterocycles. The minimum Gasteiger partial charge on any atom is -0.378 e. The summed E-state index contributed by atoms with van der Waals surface area (Å²) in [6.07, 6.45) is 4.73. The zero-order valence-electron chi connectivity index (χ0n) is 13.7.